The predicted molar refractivity (Wildman–Crippen MR) is 143 cm³/mol. The molecule has 1 aromatic heterocycles. The third-order valence-corrected chi connectivity index (χ3v) is 6.42. The molecule has 2 N–H and O–H groups in total. The molecule has 1 radical (unpaired) electrons. The third-order valence-electron chi connectivity index (χ3n) is 6.42. The van der Waals surface area contributed by atoms with Crippen molar-refractivity contribution in [3.05, 3.63) is 84.7 Å². The van der Waals surface area contributed by atoms with Crippen LogP contribution in [0.4, 0.5) is 0 Å². The Bertz CT molecular complexity index is 1670. The van der Waals surface area contributed by atoms with Crippen LogP contribution in [0.25, 0.3) is 49.0 Å². The van der Waals surface area contributed by atoms with Crippen molar-refractivity contribution in [2.24, 2.45) is 7.05 Å². The first-order chi connectivity index (χ1) is 16.1. The van der Waals surface area contributed by atoms with Crippen molar-refractivity contribution < 1.29 is 30.0 Å². The van der Waals surface area contributed by atoms with Gasteiger partial charge in [0.05, 0.1) is 6.92 Å². The molecule has 1 heterocycles. The zero-order valence-electron chi connectivity index (χ0n) is 20.6. The first-order valence-electron chi connectivity index (χ1n) is 11.5. The molecule has 0 aliphatic rings. The molecule has 0 bridgehead atoms. The summed E-state index contributed by atoms with van der Waals surface area (Å²) in [6.07, 6.45) is 2.16. The number of imidazole rings is 1. The van der Waals surface area contributed by atoms with Gasteiger partial charge in [-0.2, -0.15) is 10.6 Å². The maximum atomic E-state index is 7.53. The number of aromatic nitrogens is 2. The second-order valence-corrected chi connectivity index (χ2v) is 9.96. The Kier molecular flexibility index (Phi) is 6.44. The number of hydrogen-bond acceptors (Lipinski definition) is 0. The summed E-state index contributed by atoms with van der Waals surface area (Å²) in [4.78, 5) is 7.53. The van der Waals surface area contributed by atoms with Gasteiger partial charge in [0.2, 0.25) is 0 Å². The first kappa shape index (κ1) is 24.8. The maximum absolute atomic E-state index is 7.53. The van der Waals surface area contributed by atoms with E-state index in [1.165, 1.54) is 55.8 Å². The number of hydrogen-bond donors (Lipinski definition) is 1. The minimum absolute atomic E-state index is 0. The van der Waals surface area contributed by atoms with Crippen molar-refractivity contribution in [3.63, 3.8) is 0 Å². The SMILES string of the molecule is CC(O)=[OH+].Cn1[cH+]n(-c2[c-]cc3ccc4cc(C(C)(C)C)cc5ccc2c3c45)c2ccccc21.[Ir]. The van der Waals surface area contributed by atoms with E-state index in [0.29, 0.717) is 0 Å². The van der Waals surface area contributed by atoms with Gasteiger partial charge in [-0.1, -0.05) is 56.5 Å². The minimum atomic E-state index is -0.583. The smallest absolute Gasteiger partial charge is 0.339 e. The average Bonchev–Trinajstić information content (AvgIpc) is 3.12. The predicted octanol–water partition coefficient (Wildman–Crippen LogP) is 7.31. The van der Waals surface area contributed by atoms with Gasteiger partial charge in [0.1, 0.15) is 0 Å². The summed E-state index contributed by atoms with van der Waals surface area (Å²) in [6.45, 7) is 8.04. The number of aliphatic hydroxyl groups excluding tert-OH is 1. The Morgan fingerprint density at radius 3 is 2.11 bits per heavy atom. The fourth-order valence-corrected chi connectivity index (χ4v) is 4.81. The quantitative estimate of drug-likeness (QED) is 0.114. The van der Waals surface area contributed by atoms with Crippen LogP contribution < -0.4 is 0 Å². The van der Waals surface area contributed by atoms with Crippen LogP contribution >= 0.6 is 0 Å². The van der Waals surface area contributed by atoms with Crippen LogP contribution in [-0.4, -0.2) is 25.0 Å². The zero-order valence-corrected chi connectivity index (χ0v) is 22.9. The van der Waals surface area contributed by atoms with Crippen molar-refractivity contribution in [1.82, 2.24) is 9.13 Å². The summed E-state index contributed by atoms with van der Waals surface area (Å²) < 4.78 is 4.44. The summed E-state index contributed by atoms with van der Waals surface area (Å²) in [7, 11) is 2.10. The van der Waals surface area contributed by atoms with Gasteiger partial charge in [0, 0.05) is 45.0 Å². The number of aryl methyl sites for hydroxylation is 1. The van der Waals surface area contributed by atoms with Crippen LogP contribution in [-0.2, 0) is 32.6 Å². The Labute approximate surface area is 218 Å². The van der Waals surface area contributed by atoms with E-state index in [1.54, 1.807) is 0 Å². The first-order valence-corrected chi connectivity index (χ1v) is 11.5. The molecule has 0 aliphatic heterocycles. The van der Waals surface area contributed by atoms with Crippen LogP contribution in [0.1, 0.15) is 33.3 Å². The Balaban J connectivity index is 0.000000539. The molecule has 6 aromatic rings. The molecule has 5 aromatic carbocycles. The molecule has 6 rings (SSSR count). The Hall–Kier alpha value is -3.27. The number of carboxylic acid groups (broad SMARTS) is 1. The van der Waals surface area contributed by atoms with E-state index in [4.69, 9.17) is 9.90 Å². The molecule has 4 nitrogen and oxygen atoms in total. The van der Waals surface area contributed by atoms with Crippen LogP contribution in [0, 0.1) is 6.07 Å². The van der Waals surface area contributed by atoms with E-state index < -0.39 is 5.97 Å². The van der Waals surface area contributed by atoms with E-state index >= 15 is 0 Å². The van der Waals surface area contributed by atoms with Gasteiger partial charge in [0.15, 0.2) is 17.4 Å². The molecular formula is C30H29IrN2O2+. The van der Waals surface area contributed by atoms with Crippen molar-refractivity contribution in [3.8, 4) is 5.69 Å². The average molecular weight is 642 g/mol. The zero-order chi connectivity index (χ0) is 24.2. The topological polar surface area (TPSA) is 51.5 Å². The van der Waals surface area contributed by atoms with Gasteiger partial charge in [-0.3, -0.25) is 0 Å². The second kappa shape index (κ2) is 9.07. The number of carboxylic acids is 1. The van der Waals surface area contributed by atoms with Crippen LogP contribution in [0.5, 0.6) is 0 Å². The van der Waals surface area contributed by atoms with Gasteiger partial charge < -0.3 is 9.90 Å². The van der Waals surface area contributed by atoms with E-state index in [1.807, 2.05) is 0 Å². The van der Waals surface area contributed by atoms with Crippen molar-refractivity contribution >= 4 is 49.3 Å². The molecule has 0 amide bonds. The van der Waals surface area contributed by atoms with Gasteiger partial charge in [-0.15, -0.1) is 22.9 Å². The fraction of sp³-hybridized carbons (Fsp3) is 0.200. The third kappa shape index (κ3) is 4.31. The van der Waals surface area contributed by atoms with Gasteiger partial charge in [-0.25, -0.2) is 4.57 Å². The molecule has 179 valence electrons. The van der Waals surface area contributed by atoms with E-state index in [-0.39, 0.29) is 25.5 Å². The van der Waals surface area contributed by atoms with Crippen molar-refractivity contribution in [2.75, 3.05) is 0 Å². The number of fused-ring (bicyclic) bond motifs is 1. The number of para-hydroxylation sites is 2. The normalized spacial score (nSPS) is 11.6. The summed E-state index contributed by atoms with van der Waals surface area (Å²) in [5.41, 5.74) is 5.02. The summed E-state index contributed by atoms with van der Waals surface area (Å²) in [5, 5.41) is 15.3. The summed E-state index contributed by atoms with van der Waals surface area (Å²) in [6, 6.07) is 28.0. The maximum Gasteiger partial charge on any atom is 0.477 e. The molecule has 35 heavy (non-hydrogen) atoms. The standard InChI is InChI=1S/C28H24N2.C2H4O2.Ir/c1-28(2,3)21-15-19-10-9-18-12-14-23(22-13-11-20(16-21)26(19)27(18)22)30-17-29(4)24-7-5-6-8-25(24)30;1-2(3)4;/h5-13,15-17H,1-4H3;1H3,(H,3,4);/p+1. The van der Waals surface area contributed by atoms with E-state index in [2.05, 4.69) is 116 Å². The van der Waals surface area contributed by atoms with Crippen LogP contribution in [0.3, 0.4) is 0 Å². The van der Waals surface area contributed by atoms with Crippen molar-refractivity contribution in [2.45, 2.75) is 33.1 Å². The van der Waals surface area contributed by atoms with Gasteiger partial charge >= 0.3 is 5.97 Å². The number of benzene rings is 5. The summed E-state index contributed by atoms with van der Waals surface area (Å²) in [5.74, 6) is -0.583. The van der Waals surface area contributed by atoms with E-state index in [0.717, 1.165) is 5.69 Å². The molecule has 0 saturated carbocycles. The molecule has 0 atom stereocenters. The van der Waals surface area contributed by atoms with Crippen LogP contribution in [0.15, 0.2) is 73.1 Å². The largest absolute Gasteiger partial charge is 0.477 e. The molecule has 0 saturated heterocycles. The van der Waals surface area contributed by atoms with E-state index in [9.17, 15) is 0 Å². The summed E-state index contributed by atoms with van der Waals surface area (Å²) >= 11 is 0. The second-order valence-electron chi connectivity index (χ2n) is 9.96. The number of aliphatic carboxylic acids is 1. The molecule has 0 spiro atoms. The molecule has 0 fully saturated rings. The number of rotatable bonds is 1. The van der Waals surface area contributed by atoms with Crippen molar-refractivity contribution in [1.29, 1.82) is 0 Å². The molecular weight excluding hydrogens is 613 g/mol. The van der Waals surface area contributed by atoms with Gasteiger partial charge in [-0.05, 0) is 39.3 Å². The molecule has 5 heteroatoms. The Morgan fingerprint density at radius 2 is 1.49 bits per heavy atom. The monoisotopic (exact) mass is 642 g/mol. The van der Waals surface area contributed by atoms with Crippen LogP contribution in [0.2, 0.25) is 0 Å². The molecule has 0 aliphatic carbocycles. The Morgan fingerprint density at radius 1 is 0.914 bits per heavy atom. The fourth-order valence-electron chi connectivity index (χ4n) is 4.81. The minimum Gasteiger partial charge on any atom is -0.339 e. The molecule has 0 unspecified atom stereocenters. The van der Waals surface area contributed by atoms with Gasteiger partial charge in [0.25, 0.3) is 0 Å². The number of nitrogens with zero attached hydrogens (tertiary/aromatic N) is 2.